The lowest BCUT2D eigenvalue weighted by Gasteiger charge is -2.23. The molecule has 0 aromatic heterocycles. The normalized spacial score (nSPS) is 22.3. The van der Waals surface area contributed by atoms with Crippen LogP contribution in [0.4, 0.5) is 0 Å². The molecule has 5 rings (SSSR count). The summed E-state index contributed by atoms with van der Waals surface area (Å²) in [6.45, 7) is 17.1. The minimum absolute atomic E-state index is 0.400. The molecule has 0 aromatic carbocycles. The second kappa shape index (κ2) is 17.6. The van der Waals surface area contributed by atoms with Gasteiger partial charge in [-0.1, -0.05) is 142 Å². The molecule has 236 valence electrons. The van der Waals surface area contributed by atoms with Gasteiger partial charge in [-0.2, -0.15) is 0 Å². The zero-order valence-corrected chi connectivity index (χ0v) is 28.2. The quantitative estimate of drug-likeness (QED) is 0.190. The van der Waals surface area contributed by atoms with Crippen molar-refractivity contribution < 1.29 is 0 Å². The van der Waals surface area contributed by atoms with Crippen LogP contribution in [0, 0.1) is 5.92 Å². The van der Waals surface area contributed by atoms with Crippen LogP contribution in [-0.4, -0.2) is 16.3 Å². The average molecular weight is 607 g/mol. The predicted molar refractivity (Wildman–Crippen MR) is 201 cm³/mol. The van der Waals surface area contributed by atoms with E-state index in [0.29, 0.717) is 5.92 Å². The molecule has 1 atom stereocenters. The fraction of sp³-hybridized carbons (Fsp3) is 0.227. The summed E-state index contributed by atoms with van der Waals surface area (Å²) < 4.78 is 0. The largest absolute Gasteiger partial charge is 0.337 e. The molecule has 2 heterocycles. The van der Waals surface area contributed by atoms with Crippen molar-refractivity contribution in [3.8, 4) is 0 Å². The van der Waals surface area contributed by atoms with Crippen LogP contribution in [0.25, 0.3) is 0 Å². The number of hydrogen-bond donors (Lipinski definition) is 0. The van der Waals surface area contributed by atoms with Crippen LogP contribution < -0.4 is 0 Å². The highest BCUT2D eigenvalue weighted by atomic mass is 15.2. The van der Waals surface area contributed by atoms with Gasteiger partial charge in [-0.05, 0) is 81.1 Å². The first-order chi connectivity index (χ1) is 22.7. The summed E-state index contributed by atoms with van der Waals surface area (Å²) in [6, 6.07) is 0. The first-order valence-electron chi connectivity index (χ1n) is 16.7. The molecule has 0 N–H and O–H groups in total. The van der Waals surface area contributed by atoms with Gasteiger partial charge in [0.05, 0.1) is 0 Å². The molecule has 0 bridgehead atoms. The zero-order valence-electron chi connectivity index (χ0n) is 28.2. The first kappa shape index (κ1) is 34.1. The molecule has 2 heteroatoms. The molecule has 0 amide bonds. The van der Waals surface area contributed by atoms with Gasteiger partial charge in [-0.3, -0.25) is 0 Å². The Morgan fingerprint density at radius 2 is 1.59 bits per heavy atom. The molecule has 1 unspecified atom stereocenters. The summed E-state index contributed by atoms with van der Waals surface area (Å²) in [5.74, 6) is 0.400. The van der Waals surface area contributed by atoms with E-state index in [0.717, 1.165) is 37.9 Å². The van der Waals surface area contributed by atoms with Crippen molar-refractivity contribution in [1.82, 2.24) is 9.80 Å². The maximum atomic E-state index is 4.21. The van der Waals surface area contributed by atoms with Gasteiger partial charge in [0, 0.05) is 46.5 Å². The highest BCUT2D eigenvalue weighted by Gasteiger charge is 2.37. The van der Waals surface area contributed by atoms with E-state index in [-0.39, 0.29) is 0 Å². The molecule has 0 spiro atoms. The van der Waals surface area contributed by atoms with Gasteiger partial charge in [0.2, 0.25) is 0 Å². The van der Waals surface area contributed by atoms with Gasteiger partial charge in [-0.25, -0.2) is 0 Å². The smallest absolute Gasteiger partial charge is 0.0494 e. The lowest BCUT2D eigenvalue weighted by atomic mass is 9.94. The monoisotopic (exact) mass is 606 g/mol. The minimum atomic E-state index is 0.400. The van der Waals surface area contributed by atoms with E-state index in [2.05, 4.69) is 158 Å². The van der Waals surface area contributed by atoms with Crippen LogP contribution in [0.15, 0.2) is 204 Å². The Bertz CT molecular complexity index is 1620. The van der Waals surface area contributed by atoms with Crippen molar-refractivity contribution >= 4 is 0 Å². The van der Waals surface area contributed by atoms with E-state index >= 15 is 0 Å². The number of allylic oxidation sites excluding steroid dienone is 27. The molecule has 2 nitrogen and oxygen atoms in total. The number of hydrogen-bond acceptors (Lipinski definition) is 2. The third-order valence-electron chi connectivity index (χ3n) is 8.28. The average Bonchev–Trinajstić information content (AvgIpc) is 3.30. The molecule has 2 saturated heterocycles. The lowest BCUT2D eigenvalue weighted by Crippen LogP contribution is -2.16. The van der Waals surface area contributed by atoms with Gasteiger partial charge in [0.25, 0.3) is 0 Å². The Morgan fingerprint density at radius 1 is 0.804 bits per heavy atom. The summed E-state index contributed by atoms with van der Waals surface area (Å²) in [4.78, 5) is 4.82. The van der Waals surface area contributed by atoms with E-state index < -0.39 is 0 Å². The maximum Gasteiger partial charge on any atom is 0.0494 e. The zero-order chi connectivity index (χ0) is 32.7. The Kier molecular flexibility index (Phi) is 13.0. The summed E-state index contributed by atoms with van der Waals surface area (Å²) in [5, 5.41) is 0. The fourth-order valence-electron chi connectivity index (χ4n) is 6.22. The van der Waals surface area contributed by atoms with Gasteiger partial charge >= 0.3 is 0 Å². The Labute approximate surface area is 278 Å². The van der Waals surface area contributed by atoms with Gasteiger partial charge in [0.15, 0.2) is 0 Å². The molecular weight excluding hydrogens is 556 g/mol. The minimum Gasteiger partial charge on any atom is -0.337 e. The number of rotatable bonds is 9. The summed E-state index contributed by atoms with van der Waals surface area (Å²) in [7, 11) is 0. The summed E-state index contributed by atoms with van der Waals surface area (Å²) >= 11 is 0. The van der Waals surface area contributed by atoms with Crippen molar-refractivity contribution in [2.24, 2.45) is 5.92 Å². The maximum absolute atomic E-state index is 4.21. The standard InChI is InChI=1S/C42H44N2.C2H6/c1-5-8-12-22-34-32-43(40-27-16-9-13-24-37(34)40)36(20-6-2)23-19-21-33(4)30-31-35(7-3)44-41-28-17-10-14-25-38(41)39-26-15-11-18-29-42(39)44;1-2/h5-14,18-24,26-31,38H,1,3,15-17,25,32H2,2,4H3;1-2H3/b12-8-,20-6-,21-19+,33-30+,34-22+,35-31+,36-23+;. The highest BCUT2D eigenvalue weighted by Crippen LogP contribution is 2.47. The van der Waals surface area contributed by atoms with Crippen LogP contribution in [0.5, 0.6) is 0 Å². The highest BCUT2D eigenvalue weighted by molar-refractivity contribution is 5.58. The molecule has 2 aliphatic heterocycles. The van der Waals surface area contributed by atoms with Crippen molar-refractivity contribution in [3.05, 3.63) is 204 Å². The van der Waals surface area contributed by atoms with Gasteiger partial charge < -0.3 is 9.80 Å². The summed E-state index contributed by atoms with van der Waals surface area (Å²) in [6.07, 6.45) is 54.2. The third kappa shape index (κ3) is 8.06. The Balaban J connectivity index is 0.00000235. The molecule has 3 aliphatic carbocycles. The van der Waals surface area contributed by atoms with Crippen molar-refractivity contribution in [2.75, 3.05) is 6.54 Å². The van der Waals surface area contributed by atoms with E-state index in [1.54, 1.807) is 0 Å². The van der Waals surface area contributed by atoms with Crippen LogP contribution in [0.2, 0.25) is 0 Å². The summed E-state index contributed by atoms with van der Waals surface area (Å²) in [5.41, 5.74) is 11.4. The van der Waals surface area contributed by atoms with Crippen LogP contribution in [-0.2, 0) is 0 Å². The lowest BCUT2D eigenvalue weighted by molar-refractivity contribution is 0.523. The van der Waals surface area contributed by atoms with E-state index in [1.807, 2.05) is 32.1 Å². The Morgan fingerprint density at radius 3 is 2.37 bits per heavy atom. The van der Waals surface area contributed by atoms with E-state index in [1.165, 1.54) is 45.1 Å². The first-order valence-corrected chi connectivity index (χ1v) is 16.7. The molecular formula is C44H50N2. The molecule has 0 saturated carbocycles. The van der Waals surface area contributed by atoms with E-state index in [9.17, 15) is 0 Å². The SMILES string of the molecule is C=C/C=C\C=C1/CN(C(/C=C\C)=C/C=C/C(C)=C/C=C(\C=C)N2C3=CC=CCC=C3C3CC=CCC=C32)C2=CCC=CC=C21.CC. The second-order valence-corrected chi connectivity index (χ2v) is 11.2. The molecule has 46 heavy (non-hydrogen) atoms. The molecule has 2 fully saturated rings. The van der Waals surface area contributed by atoms with E-state index in [4.69, 9.17) is 0 Å². The van der Waals surface area contributed by atoms with Gasteiger partial charge in [0.1, 0.15) is 0 Å². The molecule has 5 aliphatic rings. The Hall–Kier alpha value is -4.82. The van der Waals surface area contributed by atoms with Crippen LogP contribution >= 0.6 is 0 Å². The molecule has 0 radical (unpaired) electrons. The fourth-order valence-corrected chi connectivity index (χ4v) is 6.22. The topological polar surface area (TPSA) is 6.48 Å². The predicted octanol–water partition coefficient (Wildman–Crippen LogP) is 11.7. The van der Waals surface area contributed by atoms with Crippen LogP contribution in [0.3, 0.4) is 0 Å². The number of nitrogens with zero attached hydrogens (tertiary/aromatic N) is 2. The van der Waals surface area contributed by atoms with Crippen molar-refractivity contribution in [2.45, 2.75) is 53.4 Å². The molecule has 0 aromatic rings. The van der Waals surface area contributed by atoms with Gasteiger partial charge in [-0.15, -0.1) is 0 Å². The number of likely N-dealkylation sites (tertiary alicyclic amines) is 2. The van der Waals surface area contributed by atoms with Crippen molar-refractivity contribution in [1.29, 1.82) is 0 Å². The second-order valence-electron chi connectivity index (χ2n) is 11.2. The third-order valence-corrected chi connectivity index (χ3v) is 8.28. The van der Waals surface area contributed by atoms with Crippen LogP contribution in [0.1, 0.15) is 53.4 Å². The van der Waals surface area contributed by atoms with Crippen molar-refractivity contribution in [3.63, 3.8) is 0 Å². The number of fused-ring (bicyclic) bond motifs is 4.